The predicted octanol–water partition coefficient (Wildman–Crippen LogP) is 2.29. The van der Waals surface area contributed by atoms with Gasteiger partial charge in [0.2, 0.25) is 0 Å². The van der Waals surface area contributed by atoms with Crippen LogP contribution in [-0.4, -0.2) is 34.4 Å². The topological polar surface area (TPSA) is 77.3 Å². The van der Waals surface area contributed by atoms with Crippen molar-refractivity contribution in [3.8, 4) is 18.9 Å². The molecule has 2 saturated heterocycles. The molecule has 1 atom stereocenters. The lowest BCUT2D eigenvalue weighted by Crippen LogP contribution is -2.33. The molecule has 118 valence electrons. The van der Waals surface area contributed by atoms with Gasteiger partial charge in [-0.3, -0.25) is 9.78 Å². The molecule has 24 heavy (non-hydrogen) atoms. The Kier molecular flexibility index (Phi) is 3.89. The average Bonchev–Trinajstić information content (AvgIpc) is 3.20. The van der Waals surface area contributed by atoms with Gasteiger partial charge in [-0.2, -0.15) is 5.26 Å². The minimum absolute atomic E-state index is 0.183. The molecule has 2 aliphatic rings. The van der Waals surface area contributed by atoms with Crippen molar-refractivity contribution in [2.24, 2.45) is 0 Å². The third-order valence-electron chi connectivity index (χ3n) is 4.30. The molecular formula is C18H14N4O2. The van der Waals surface area contributed by atoms with E-state index in [9.17, 15) is 14.9 Å². The van der Waals surface area contributed by atoms with E-state index >= 15 is 0 Å². The fraction of sp³-hybridized carbons (Fsp3) is 0.222. The number of amides is 3. The SMILES string of the molecule is C#C.N#Cc1ccc(N2C(=O)C3CCCN3C2=O)c2cccnc12. The second-order valence-electron chi connectivity index (χ2n) is 5.45. The fourth-order valence-electron chi connectivity index (χ4n) is 3.29. The van der Waals surface area contributed by atoms with Crippen LogP contribution in [0.15, 0.2) is 30.5 Å². The molecule has 2 aliphatic heterocycles. The number of hydrogen-bond donors (Lipinski definition) is 0. The normalized spacial score (nSPS) is 19.0. The van der Waals surface area contributed by atoms with Gasteiger partial charge >= 0.3 is 6.03 Å². The molecule has 4 rings (SSSR count). The van der Waals surface area contributed by atoms with Crippen molar-refractivity contribution in [3.05, 3.63) is 36.0 Å². The summed E-state index contributed by atoms with van der Waals surface area (Å²) < 4.78 is 0. The molecule has 0 N–H and O–H groups in total. The second kappa shape index (κ2) is 6.02. The number of fused-ring (bicyclic) bond motifs is 2. The molecule has 1 unspecified atom stereocenters. The summed E-state index contributed by atoms with van der Waals surface area (Å²) in [7, 11) is 0. The van der Waals surface area contributed by atoms with Crippen molar-refractivity contribution >= 4 is 28.5 Å². The van der Waals surface area contributed by atoms with E-state index in [-0.39, 0.29) is 18.0 Å². The molecule has 0 spiro atoms. The maximum atomic E-state index is 12.6. The molecule has 1 aromatic carbocycles. The number of anilines is 1. The van der Waals surface area contributed by atoms with Crippen LogP contribution in [0.5, 0.6) is 0 Å². The lowest BCUT2D eigenvalue weighted by Gasteiger charge is -2.17. The Morgan fingerprint density at radius 3 is 2.75 bits per heavy atom. The Morgan fingerprint density at radius 1 is 1.25 bits per heavy atom. The summed E-state index contributed by atoms with van der Waals surface area (Å²) in [4.78, 5) is 32.2. The lowest BCUT2D eigenvalue weighted by molar-refractivity contribution is -0.119. The van der Waals surface area contributed by atoms with Gasteiger partial charge in [0.25, 0.3) is 5.91 Å². The van der Waals surface area contributed by atoms with Crippen molar-refractivity contribution in [1.29, 1.82) is 5.26 Å². The molecule has 3 heterocycles. The first kappa shape index (κ1) is 15.5. The van der Waals surface area contributed by atoms with E-state index in [2.05, 4.69) is 23.9 Å². The first-order valence-electron chi connectivity index (χ1n) is 7.48. The van der Waals surface area contributed by atoms with Gasteiger partial charge in [-0.1, -0.05) is 0 Å². The highest BCUT2D eigenvalue weighted by Crippen LogP contribution is 2.35. The number of rotatable bonds is 1. The summed E-state index contributed by atoms with van der Waals surface area (Å²) in [5.41, 5.74) is 1.45. The van der Waals surface area contributed by atoms with Crippen molar-refractivity contribution in [2.45, 2.75) is 18.9 Å². The predicted molar refractivity (Wildman–Crippen MR) is 89.0 cm³/mol. The van der Waals surface area contributed by atoms with Crippen molar-refractivity contribution in [1.82, 2.24) is 9.88 Å². The number of benzene rings is 1. The van der Waals surface area contributed by atoms with E-state index < -0.39 is 0 Å². The number of carbonyl (C=O) groups excluding carboxylic acids is 2. The molecule has 6 heteroatoms. The number of carbonyl (C=O) groups is 2. The van der Waals surface area contributed by atoms with Gasteiger partial charge in [0, 0.05) is 18.1 Å². The molecular weight excluding hydrogens is 304 g/mol. The monoisotopic (exact) mass is 318 g/mol. The van der Waals surface area contributed by atoms with Gasteiger partial charge in [0.1, 0.15) is 12.1 Å². The number of hydrogen-bond acceptors (Lipinski definition) is 4. The molecule has 3 amide bonds. The van der Waals surface area contributed by atoms with Crippen LogP contribution in [0.2, 0.25) is 0 Å². The Bertz CT molecular complexity index is 875. The molecule has 2 fully saturated rings. The molecule has 0 radical (unpaired) electrons. The van der Waals surface area contributed by atoms with E-state index in [1.54, 1.807) is 35.4 Å². The lowest BCUT2D eigenvalue weighted by atomic mass is 10.1. The van der Waals surface area contributed by atoms with Gasteiger partial charge in [-0.25, -0.2) is 9.69 Å². The summed E-state index contributed by atoms with van der Waals surface area (Å²) in [6.07, 6.45) is 11.2. The first-order chi connectivity index (χ1) is 11.7. The van der Waals surface area contributed by atoms with Crippen LogP contribution >= 0.6 is 0 Å². The van der Waals surface area contributed by atoms with E-state index in [1.807, 2.05) is 0 Å². The summed E-state index contributed by atoms with van der Waals surface area (Å²) in [5.74, 6) is -0.183. The maximum Gasteiger partial charge on any atom is 0.332 e. The van der Waals surface area contributed by atoms with Gasteiger partial charge in [-0.05, 0) is 37.1 Å². The molecule has 0 saturated carbocycles. The summed E-state index contributed by atoms with van der Waals surface area (Å²) >= 11 is 0. The van der Waals surface area contributed by atoms with Gasteiger partial charge in [0.05, 0.1) is 16.8 Å². The zero-order valence-electron chi connectivity index (χ0n) is 12.8. The number of imide groups is 1. The molecule has 0 aliphatic carbocycles. The second-order valence-corrected chi connectivity index (χ2v) is 5.45. The summed E-state index contributed by atoms with van der Waals surface area (Å²) in [5, 5.41) is 9.82. The quantitative estimate of drug-likeness (QED) is 0.597. The first-order valence-corrected chi connectivity index (χ1v) is 7.48. The summed E-state index contributed by atoms with van der Waals surface area (Å²) in [6, 6.07) is 8.25. The van der Waals surface area contributed by atoms with E-state index in [4.69, 9.17) is 0 Å². The largest absolute Gasteiger partial charge is 0.332 e. The molecule has 6 nitrogen and oxygen atoms in total. The highest BCUT2D eigenvalue weighted by molar-refractivity contribution is 6.24. The summed E-state index contributed by atoms with van der Waals surface area (Å²) in [6.45, 7) is 0.623. The van der Waals surface area contributed by atoms with E-state index in [0.717, 1.165) is 6.42 Å². The van der Waals surface area contributed by atoms with Crippen molar-refractivity contribution < 1.29 is 9.59 Å². The minimum atomic E-state index is -0.338. The number of nitrogens with zero attached hydrogens (tertiary/aromatic N) is 4. The Hall–Kier alpha value is -3.38. The molecule has 1 aromatic heterocycles. The van der Waals surface area contributed by atoms with Crippen LogP contribution in [0.3, 0.4) is 0 Å². The van der Waals surface area contributed by atoms with E-state index in [0.29, 0.717) is 35.1 Å². The third-order valence-corrected chi connectivity index (χ3v) is 4.30. The van der Waals surface area contributed by atoms with Crippen LogP contribution < -0.4 is 4.90 Å². The van der Waals surface area contributed by atoms with Crippen molar-refractivity contribution in [3.63, 3.8) is 0 Å². The number of urea groups is 1. The number of terminal acetylenes is 1. The van der Waals surface area contributed by atoms with Crippen LogP contribution in [0.1, 0.15) is 18.4 Å². The number of nitriles is 1. The fourth-order valence-corrected chi connectivity index (χ4v) is 3.29. The molecule has 0 bridgehead atoms. The van der Waals surface area contributed by atoms with Gasteiger partial charge in [0.15, 0.2) is 0 Å². The molecule has 2 aromatic rings. The minimum Gasteiger partial charge on any atom is -0.312 e. The third kappa shape index (κ3) is 2.09. The zero-order chi connectivity index (χ0) is 17.3. The Labute approximate surface area is 139 Å². The van der Waals surface area contributed by atoms with E-state index in [1.165, 1.54) is 4.90 Å². The van der Waals surface area contributed by atoms with Gasteiger partial charge in [-0.15, -0.1) is 12.8 Å². The highest BCUT2D eigenvalue weighted by atomic mass is 16.2. The van der Waals surface area contributed by atoms with Crippen LogP contribution in [-0.2, 0) is 4.79 Å². The van der Waals surface area contributed by atoms with Crippen molar-refractivity contribution in [2.75, 3.05) is 11.4 Å². The van der Waals surface area contributed by atoms with Crippen LogP contribution in [0, 0.1) is 24.2 Å². The highest BCUT2D eigenvalue weighted by Gasteiger charge is 2.48. The maximum absolute atomic E-state index is 12.6. The Balaban J connectivity index is 0.000000815. The number of pyridine rings is 1. The smallest absolute Gasteiger partial charge is 0.312 e. The zero-order valence-corrected chi connectivity index (χ0v) is 12.8. The van der Waals surface area contributed by atoms with Crippen LogP contribution in [0.4, 0.5) is 10.5 Å². The average molecular weight is 318 g/mol. The Morgan fingerprint density at radius 2 is 2.04 bits per heavy atom. The van der Waals surface area contributed by atoms with Gasteiger partial charge < -0.3 is 4.90 Å². The standard InChI is InChI=1S/C16H12N4O2.C2H2/c17-9-10-5-6-12(11-3-1-7-18-14(10)11)20-15(21)13-4-2-8-19(13)16(20)22;1-2/h1,3,5-7,13H,2,4,8H2;1-2H. The van der Waals surface area contributed by atoms with Crippen LogP contribution in [0.25, 0.3) is 10.9 Å². The number of aromatic nitrogens is 1.